The van der Waals surface area contributed by atoms with Crippen LogP contribution in [0.4, 0.5) is 5.69 Å². The third kappa shape index (κ3) is 3.85. The molecule has 0 unspecified atom stereocenters. The molecule has 1 saturated carbocycles. The molecule has 1 fully saturated rings. The summed E-state index contributed by atoms with van der Waals surface area (Å²) in [5, 5.41) is 3.02. The molecule has 0 saturated heterocycles. The van der Waals surface area contributed by atoms with Crippen molar-refractivity contribution >= 4 is 11.6 Å². The van der Waals surface area contributed by atoms with Crippen molar-refractivity contribution < 1.29 is 4.79 Å². The van der Waals surface area contributed by atoms with Gasteiger partial charge >= 0.3 is 0 Å². The van der Waals surface area contributed by atoms with Crippen LogP contribution < -0.4 is 16.6 Å². The largest absolute Gasteiger partial charge is 0.398 e. The number of anilines is 1. The quantitative estimate of drug-likeness (QED) is 0.876. The Hall–Kier alpha value is -1.78. The van der Waals surface area contributed by atoms with E-state index in [1.54, 1.807) is 6.07 Å². The van der Waals surface area contributed by atoms with E-state index < -0.39 is 0 Å². The van der Waals surface area contributed by atoms with Gasteiger partial charge in [-0.3, -0.25) is 9.59 Å². The first-order valence-corrected chi connectivity index (χ1v) is 7.33. The molecule has 1 aliphatic rings. The van der Waals surface area contributed by atoms with E-state index >= 15 is 0 Å². The van der Waals surface area contributed by atoms with Gasteiger partial charge in [0.1, 0.15) is 6.54 Å². The maximum absolute atomic E-state index is 12.0. The highest BCUT2D eigenvalue weighted by atomic mass is 16.2. The zero-order chi connectivity index (χ0) is 14.5. The van der Waals surface area contributed by atoms with Crippen LogP contribution >= 0.6 is 0 Å². The lowest BCUT2D eigenvalue weighted by molar-refractivity contribution is -0.122. The number of carbonyl (C=O) groups is 1. The zero-order valence-corrected chi connectivity index (χ0v) is 12.0. The Bertz CT molecular complexity index is 516. The van der Waals surface area contributed by atoms with Crippen LogP contribution in [0.25, 0.3) is 0 Å². The first-order valence-electron chi connectivity index (χ1n) is 7.33. The Kier molecular flexibility index (Phi) is 4.82. The van der Waals surface area contributed by atoms with Crippen molar-refractivity contribution in [3.8, 4) is 0 Å². The fourth-order valence-corrected chi connectivity index (χ4v) is 2.82. The predicted molar refractivity (Wildman–Crippen MR) is 79.3 cm³/mol. The molecule has 1 aromatic rings. The van der Waals surface area contributed by atoms with Gasteiger partial charge in [-0.15, -0.1) is 0 Å². The summed E-state index contributed by atoms with van der Waals surface area (Å²) in [6, 6.07) is 3.18. The van der Waals surface area contributed by atoms with Crippen molar-refractivity contribution in [2.24, 2.45) is 5.92 Å². The minimum Gasteiger partial charge on any atom is -0.398 e. The molecule has 0 aliphatic heterocycles. The molecule has 0 bridgehead atoms. The number of nitrogens with one attached hydrogen (secondary N) is 1. The van der Waals surface area contributed by atoms with Crippen LogP contribution in [0.15, 0.2) is 23.1 Å². The molecule has 1 aromatic heterocycles. The standard InChI is InChI=1S/C15H23N3O2/c1-2-11-3-6-13(7-4-11)17-14(19)10-18-9-12(16)5-8-15(18)20/h5,8-9,11,13H,2-4,6-7,10,16H2,1H3,(H,17,19). The normalized spacial score (nSPS) is 22.4. The smallest absolute Gasteiger partial charge is 0.251 e. The molecule has 2 rings (SSSR count). The first kappa shape index (κ1) is 14.6. The van der Waals surface area contributed by atoms with Gasteiger partial charge in [0.2, 0.25) is 5.91 Å². The van der Waals surface area contributed by atoms with Crippen LogP contribution in [0.3, 0.4) is 0 Å². The van der Waals surface area contributed by atoms with Crippen LogP contribution in [0, 0.1) is 5.92 Å². The van der Waals surface area contributed by atoms with Crippen LogP contribution in [-0.2, 0) is 11.3 Å². The van der Waals surface area contributed by atoms with E-state index in [0.29, 0.717) is 5.69 Å². The lowest BCUT2D eigenvalue weighted by Crippen LogP contribution is -2.40. The highest BCUT2D eigenvalue weighted by Crippen LogP contribution is 2.26. The molecule has 3 N–H and O–H groups in total. The zero-order valence-electron chi connectivity index (χ0n) is 12.0. The number of amides is 1. The maximum atomic E-state index is 12.0. The lowest BCUT2D eigenvalue weighted by Gasteiger charge is -2.28. The Labute approximate surface area is 119 Å². The van der Waals surface area contributed by atoms with Gasteiger partial charge in [0, 0.05) is 24.0 Å². The number of nitrogen functional groups attached to an aromatic ring is 1. The summed E-state index contributed by atoms with van der Waals surface area (Å²) in [7, 11) is 0. The van der Waals surface area contributed by atoms with Crippen molar-refractivity contribution in [1.29, 1.82) is 0 Å². The summed E-state index contributed by atoms with van der Waals surface area (Å²) in [4.78, 5) is 23.6. The van der Waals surface area contributed by atoms with E-state index in [1.807, 2.05) is 0 Å². The Morgan fingerprint density at radius 1 is 1.35 bits per heavy atom. The van der Waals surface area contributed by atoms with E-state index in [4.69, 9.17) is 5.73 Å². The molecule has 0 aromatic carbocycles. The van der Waals surface area contributed by atoms with Crippen molar-refractivity contribution in [2.75, 3.05) is 5.73 Å². The van der Waals surface area contributed by atoms with Gasteiger partial charge in [-0.05, 0) is 37.7 Å². The fourth-order valence-electron chi connectivity index (χ4n) is 2.82. The second kappa shape index (κ2) is 6.59. The van der Waals surface area contributed by atoms with Gasteiger partial charge in [0.15, 0.2) is 0 Å². The third-order valence-corrected chi connectivity index (χ3v) is 4.11. The van der Waals surface area contributed by atoms with E-state index in [1.165, 1.54) is 36.1 Å². The summed E-state index contributed by atoms with van der Waals surface area (Å²) in [5.74, 6) is 0.692. The number of pyridine rings is 1. The highest BCUT2D eigenvalue weighted by molar-refractivity contribution is 5.76. The van der Waals surface area contributed by atoms with Gasteiger partial charge in [-0.2, -0.15) is 0 Å². The molecule has 5 nitrogen and oxygen atoms in total. The minimum absolute atomic E-state index is 0.0393. The van der Waals surface area contributed by atoms with Gasteiger partial charge in [0.05, 0.1) is 0 Å². The summed E-state index contributed by atoms with van der Waals surface area (Å²) in [6.45, 7) is 2.26. The molecular formula is C15H23N3O2. The van der Waals surface area contributed by atoms with Gasteiger partial charge < -0.3 is 15.6 Å². The minimum atomic E-state index is -0.205. The number of nitrogens with zero attached hydrogens (tertiary/aromatic N) is 1. The molecule has 0 atom stereocenters. The van der Waals surface area contributed by atoms with Crippen molar-refractivity contribution in [3.05, 3.63) is 28.7 Å². The number of hydrogen-bond acceptors (Lipinski definition) is 3. The average molecular weight is 277 g/mol. The van der Waals surface area contributed by atoms with Crippen LogP contribution in [0.1, 0.15) is 39.0 Å². The Balaban J connectivity index is 1.87. The van der Waals surface area contributed by atoms with Gasteiger partial charge in [-0.1, -0.05) is 13.3 Å². The van der Waals surface area contributed by atoms with Gasteiger partial charge in [0.25, 0.3) is 5.56 Å². The summed E-state index contributed by atoms with van der Waals surface area (Å²) >= 11 is 0. The molecule has 5 heteroatoms. The second-order valence-corrected chi connectivity index (χ2v) is 5.62. The molecule has 0 spiro atoms. The summed E-state index contributed by atoms with van der Waals surface area (Å²) in [6.07, 6.45) is 7.17. The number of carbonyl (C=O) groups excluding carboxylic acids is 1. The van der Waals surface area contributed by atoms with Gasteiger partial charge in [-0.25, -0.2) is 0 Å². The van der Waals surface area contributed by atoms with E-state index in [9.17, 15) is 9.59 Å². The molecule has 0 radical (unpaired) electrons. The molecule has 110 valence electrons. The number of aromatic nitrogens is 1. The van der Waals surface area contributed by atoms with Crippen molar-refractivity contribution in [1.82, 2.24) is 9.88 Å². The van der Waals surface area contributed by atoms with Crippen LogP contribution in [0.5, 0.6) is 0 Å². The number of rotatable bonds is 4. The highest BCUT2D eigenvalue weighted by Gasteiger charge is 2.21. The van der Waals surface area contributed by atoms with Crippen LogP contribution in [0.2, 0.25) is 0 Å². The molecule has 1 heterocycles. The molecule has 1 aliphatic carbocycles. The lowest BCUT2D eigenvalue weighted by atomic mass is 9.84. The summed E-state index contributed by atoms with van der Waals surface area (Å²) < 4.78 is 1.35. The molecule has 20 heavy (non-hydrogen) atoms. The monoisotopic (exact) mass is 277 g/mol. The maximum Gasteiger partial charge on any atom is 0.251 e. The van der Waals surface area contributed by atoms with Crippen molar-refractivity contribution in [3.63, 3.8) is 0 Å². The average Bonchev–Trinajstić information content (AvgIpc) is 2.43. The topological polar surface area (TPSA) is 77.1 Å². The molecule has 1 amide bonds. The fraction of sp³-hybridized carbons (Fsp3) is 0.600. The van der Waals surface area contributed by atoms with Crippen LogP contribution in [-0.4, -0.2) is 16.5 Å². The Morgan fingerprint density at radius 3 is 2.70 bits per heavy atom. The molecular weight excluding hydrogens is 254 g/mol. The van der Waals surface area contributed by atoms with E-state index in [2.05, 4.69) is 12.2 Å². The first-order chi connectivity index (χ1) is 9.58. The SMILES string of the molecule is CCC1CCC(NC(=O)Cn2cc(N)ccc2=O)CC1. The van der Waals surface area contributed by atoms with Crippen molar-refractivity contribution in [2.45, 2.75) is 51.6 Å². The second-order valence-electron chi connectivity index (χ2n) is 5.62. The Morgan fingerprint density at radius 2 is 2.05 bits per heavy atom. The van der Waals surface area contributed by atoms with E-state index in [0.717, 1.165) is 18.8 Å². The number of nitrogens with two attached hydrogens (primary N) is 1. The summed E-state index contributed by atoms with van der Waals surface area (Å²) in [5.41, 5.74) is 5.91. The number of hydrogen-bond donors (Lipinski definition) is 2. The third-order valence-electron chi connectivity index (χ3n) is 4.11. The predicted octanol–water partition coefficient (Wildman–Crippen LogP) is 1.52. The van der Waals surface area contributed by atoms with E-state index in [-0.39, 0.29) is 24.1 Å².